The van der Waals surface area contributed by atoms with Crippen molar-refractivity contribution in [2.45, 2.75) is 38.3 Å². The van der Waals surface area contributed by atoms with Crippen LogP contribution in [0.2, 0.25) is 0 Å². The van der Waals surface area contributed by atoms with Crippen molar-refractivity contribution in [2.75, 3.05) is 6.54 Å². The van der Waals surface area contributed by atoms with Gasteiger partial charge in [0, 0.05) is 13.1 Å². The molecule has 0 atom stereocenters. The number of rotatable bonds is 4. The molecule has 0 saturated heterocycles. The van der Waals surface area contributed by atoms with Gasteiger partial charge in [0.2, 0.25) is 0 Å². The second kappa shape index (κ2) is 3.67. The van der Waals surface area contributed by atoms with Gasteiger partial charge in [-0.05, 0) is 26.2 Å². The van der Waals surface area contributed by atoms with E-state index in [1.165, 1.54) is 0 Å². The molecule has 0 spiro atoms. The third kappa shape index (κ3) is 1.93. The first kappa shape index (κ1) is 9.61. The van der Waals surface area contributed by atoms with Gasteiger partial charge in [0.15, 0.2) is 0 Å². The minimum atomic E-state index is -0.481. The molecule has 5 nitrogen and oxygen atoms in total. The molecule has 0 bridgehead atoms. The van der Waals surface area contributed by atoms with Crippen LogP contribution in [0.1, 0.15) is 30.7 Å². The smallest absolute Gasteiger partial charge is 0.121 e. The topological polar surface area (TPSA) is 71.2 Å². The van der Waals surface area contributed by atoms with Crippen LogP contribution in [0.25, 0.3) is 0 Å². The Labute approximate surface area is 82.5 Å². The molecule has 1 aliphatic rings. The van der Waals surface area contributed by atoms with Gasteiger partial charge >= 0.3 is 0 Å². The van der Waals surface area contributed by atoms with Crippen molar-refractivity contribution in [3.63, 3.8) is 0 Å². The van der Waals surface area contributed by atoms with Crippen LogP contribution in [0.3, 0.4) is 0 Å². The number of nitrogens with zero attached hydrogens (tertiary/aromatic N) is 2. The van der Waals surface area contributed by atoms with Crippen molar-refractivity contribution < 1.29 is 9.74 Å². The quantitative estimate of drug-likeness (QED) is 0.730. The number of aryl methyl sites for hydroxylation is 1. The van der Waals surface area contributed by atoms with Gasteiger partial charge in [0.05, 0.1) is 5.60 Å². The SMILES string of the molecule is Cc1nonc1CNCC1(O)CCC1. The Morgan fingerprint density at radius 2 is 2.29 bits per heavy atom. The Morgan fingerprint density at radius 3 is 2.79 bits per heavy atom. The van der Waals surface area contributed by atoms with E-state index in [4.69, 9.17) is 0 Å². The molecule has 1 heterocycles. The van der Waals surface area contributed by atoms with E-state index in [9.17, 15) is 5.11 Å². The minimum absolute atomic E-state index is 0.481. The molecule has 2 rings (SSSR count). The maximum absolute atomic E-state index is 9.79. The van der Waals surface area contributed by atoms with E-state index in [0.29, 0.717) is 13.1 Å². The highest BCUT2D eigenvalue weighted by molar-refractivity contribution is 5.04. The number of aromatic nitrogens is 2. The normalized spacial score (nSPS) is 19.3. The molecule has 1 saturated carbocycles. The Morgan fingerprint density at radius 1 is 1.50 bits per heavy atom. The summed E-state index contributed by atoms with van der Waals surface area (Å²) in [7, 11) is 0. The zero-order chi connectivity index (χ0) is 10.0. The van der Waals surface area contributed by atoms with Crippen LogP contribution in [-0.2, 0) is 6.54 Å². The van der Waals surface area contributed by atoms with Crippen molar-refractivity contribution >= 4 is 0 Å². The van der Waals surface area contributed by atoms with Crippen LogP contribution in [0.4, 0.5) is 0 Å². The summed E-state index contributed by atoms with van der Waals surface area (Å²) >= 11 is 0. The van der Waals surface area contributed by atoms with Gasteiger partial charge in [0.1, 0.15) is 11.4 Å². The number of aliphatic hydroxyl groups is 1. The van der Waals surface area contributed by atoms with Crippen molar-refractivity contribution in [2.24, 2.45) is 0 Å². The first-order chi connectivity index (χ1) is 6.70. The second-order valence-corrected chi connectivity index (χ2v) is 3.98. The van der Waals surface area contributed by atoms with Gasteiger partial charge < -0.3 is 10.4 Å². The monoisotopic (exact) mass is 197 g/mol. The molecule has 5 heteroatoms. The van der Waals surface area contributed by atoms with E-state index >= 15 is 0 Å². The summed E-state index contributed by atoms with van der Waals surface area (Å²) in [4.78, 5) is 0. The van der Waals surface area contributed by atoms with Crippen molar-refractivity contribution in [3.05, 3.63) is 11.4 Å². The van der Waals surface area contributed by atoms with E-state index in [2.05, 4.69) is 20.3 Å². The third-order valence-electron chi connectivity index (χ3n) is 2.78. The summed E-state index contributed by atoms with van der Waals surface area (Å²) in [6.45, 7) is 3.09. The minimum Gasteiger partial charge on any atom is -0.389 e. The van der Waals surface area contributed by atoms with E-state index in [1.54, 1.807) is 0 Å². The zero-order valence-corrected chi connectivity index (χ0v) is 8.29. The van der Waals surface area contributed by atoms with Crippen LogP contribution >= 0.6 is 0 Å². The molecule has 0 aromatic carbocycles. The molecule has 0 aliphatic heterocycles. The lowest BCUT2D eigenvalue weighted by atomic mass is 9.80. The molecular weight excluding hydrogens is 182 g/mol. The van der Waals surface area contributed by atoms with Gasteiger partial charge in [-0.1, -0.05) is 10.3 Å². The largest absolute Gasteiger partial charge is 0.389 e. The van der Waals surface area contributed by atoms with Gasteiger partial charge in [-0.3, -0.25) is 0 Å². The lowest BCUT2D eigenvalue weighted by Crippen LogP contribution is -2.46. The lowest BCUT2D eigenvalue weighted by molar-refractivity contribution is -0.0315. The molecule has 14 heavy (non-hydrogen) atoms. The zero-order valence-electron chi connectivity index (χ0n) is 8.29. The summed E-state index contributed by atoms with van der Waals surface area (Å²) in [6.07, 6.45) is 2.93. The predicted molar refractivity (Wildman–Crippen MR) is 49.5 cm³/mol. The summed E-state index contributed by atoms with van der Waals surface area (Å²) in [6, 6.07) is 0. The molecule has 1 aromatic heterocycles. The molecule has 1 fully saturated rings. The van der Waals surface area contributed by atoms with Crippen LogP contribution in [-0.4, -0.2) is 27.6 Å². The van der Waals surface area contributed by atoms with Crippen molar-refractivity contribution in [1.82, 2.24) is 15.6 Å². The van der Waals surface area contributed by atoms with E-state index in [0.717, 1.165) is 30.7 Å². The molecule has 1 aromatic rings. The fourth-order valence-electron chi connectivity index (χ4n) is 1.59. The fraction of sp³-hybridized carbons (Fsp3) is 0.778. The Hall–Kier alpha value is -0.940. The average Bonchev–Trinajstić information content (AvgIpc) is 2.49. The Kier molecular flexibility index (Phi) is 2.52. The Bertz CT molecular complexity index is 307. The summed E-state index contributed by atoms with van der Waals surface area (Å²) < 4.78 is 4.57. The van der Waals surface area contributed by atoms with E-state index in [1.807, 2.05) is 6.92 Å². The lowest BCUT2D eigenvalue weighted by Gasteiger charge is -2.36. The summed E-state index contributed by atoms with van der Waals surface area (Å²) in [5.74, 6) is 0. The first-order valence-corrected chi connectivity index (χ1v) is 4.91. The molecule has 0 radical (unpaired) electrons. The molecule has 0 amide bonds. The predicted octanol–water partition coefficient (Wildman–Crippen LogP) is 0.383. The number of hydrogen-bond acceptors (Lipinski definition) is 5. The average molecular weight is 197 g/mol. The molecule has 2 N–H and O–H groups in total. The maximum atomic E-state index is 9.79. The second-order valence-electron chi connectivity index (χ2n) is 3.98. The number of nitrogens with one attached hydrogen (secondary N) is 1. The maximum Gasteiger partial charge on any atom is 0.121 e. The van der Waals surface area contributed by atoms with Gasteiger partial charge in [-0.15, -0.1) is 0 Å². The van der Waals surface area contributed by atoms with Gasteiger partial charge in [0.25, 0.3) is 0 Å². The van der Waals surface area contributed by atoms with E-state index < -0.39 is 5.60 Å². The van der Waals surface area contributed by atoms with Gasteiger partial charge in [-0.25, -0.2) is 4.63 Å². The molecule has 0 unspecified atom stereocenters. The molecular formula is C9H15N3O2. The third-order valence-corrected chi connectivity index (χ3v) is 2.78. The fourth-order valence-corrected chi connectivity index (χ4v) is 1.59. The Balaban J connectivity index is 1.75. The first-order valence-electron chi connectivity index (χ1n) is 4.91. The molecule has 1 aliphatic carbocycles. The van der Waals surface area contributed by atoms with Crippen LogP contribution < -0.4 is 5.32 Å². The van der Waals surface area contributed by atoms with Crippen molar-refractivity contribution in [1.29, 1.82) is 0 Å². The highest BCUT2D eigenvalue weighted by atomic mass is 16.6. The van der Waals surface area contributed by atoms with Crippen LogP contribution in [0.5, 0.6) is 0 Å². The molecule has 78 valence electrons. The summed E-state index contributed by atoms with van der Waals surface area (Å²) in [5, 5.41) is 20.4. The van der Waals surface area contributed by atoms with Gasteiger partial charge in [-0.2, -0.15) is 0 Å². The van der Waals surface area contributed by atoms with Crippen molar-refractivity contribution in [3.8, 4) is 0 Å². The number of hydrogen-bond donors (Lipinski definition) is 2. The van der Waals surface area contributed by atoms with E-state index in [-0.39, 0.29) is 0 Å². The summed E-state index contributed by atoms with van der Waals surface area (Å²) in [5.41, 5.74) is 1.14. The highest BCUT2D eigenvalue weighted by Gasteiger charge is 2.33. The standard InChI is InChI=1S/C9H15N3O2/c1-7-8(12-14-11-7)5-10-6-9(13)3-2-4-9/h10,13H,2-6H2,1H3. The van der Waals surface area contributed by atoms with Crippen LogP contribution in [0.15, 0.2) is 4.63 Å². The van der Waals surface area contributed by atoms with Crippen LogP contribution in [0, 0.1) is 6.92 Å². The highest BCUT2D eigenvalue weighted by Crippen LogP contribution is 2.30.